The molecule has 0 saturated heterocycles. The minimum Gasteiger partial charge on any atom is -0.756 e. The largest absolute Gasteiger partial charge is 0.756 e. The third kappa shape index (κ3) is 42.2. The Labute approximate surface area is 329 Å². The molecule has 0 spiro atoms. The van der Waals surface area contributed by atoms with Gasteiger partial charge in [0.1, 0.15) is 19.3 Å². The molecule has 0 N–H and O–H groups in total. The van der Waals surface area contributed by atoms with Gasteiger partial charge >= 0.3 is 5.97 Å². The minimum atomic E-state index is -4.51. The molecule has 316 valence electrons. The summed E-state index contributed by atoms with van der Waals surface area (Å²) < 4.78 is 34.5. The molecule has 8 nitrogen and oxygen atoms in total. The molecule has 2 atom stereocenters. The molecule has 0 aliphatic carbocycles. The minimum absolute atomic E-state index is 0.0289. The van der Waals surface area contributed by atoms with E-state index in [2.05, 4.69) is 26.0 Å². The van der Waals surface area contributed by atoms with E-state index in [1.54, 1.807) is 0 Å². The average Bonchev–Trinajstić information content (AvgIpc) is 3.11. The molecule has 0 fully saturated rings. The van der Waals surface area contributed by atoms with Gasteiger partial charge in [-0.1, -0.05) is 174 Å². The number of nitrogens with zero attached hydrogens (tertiary/aromatic N) is 1. The summed E-state index contributed by atoms with van der Waals surface area (Å²) in [5, 5.41) is 0. The van der Waals surface area contributed by atoms with Crippen LogP contribution in [-0.4, -0.2) is 70.7 Å². The number of rotatable bonds is 42. The van der Waals surface area contributed by atoms with E-state index < -0.39 is 13.9 Å². The maximum absolute atomic E-state index is 12.6. The van der Waals surface area contributed by atoms with Gasteiger partial charge in [0.05, 0.1) is 34.4 Å². The smallest absolute Gasteiger partial charge is 0.306 e. The van der Waals surface area contributed by atoms with E-state index in [9.17, 15) is 14.3 Å². The molecule has 9 heteroatoms. The number of esters is 1. The number of quaternary nitrogens is 1. The summed E-state index contributed by atoms with van der Waals surface area (Å²) in [6.07, 6.45) is 40.9. The number of carbonyl (C=O) groups is 1. The van der Waals surface area contributed by atoms with Gasteiger partial charge in [0.25, 0.3) is 7.82 Å². The first-order valence-electron chi connectivity index (χ1n) is 22.4. The predicted molar refractivity (Wildman–Crippen MR) is 222 cm³/mol. The zero-order chi connectivity index (χ0) is 39.1. The first-order chi connectivity index (χ1) is 25.6. The molecule has 0 heterocycles. The second kappa shape index (κ2) is 38.1. The fourth-order valence-corrected chi connectivity index (χ4v) is 7.03. The summed E-state index contributed by atoms with van der Waals surface area (Å²) in [6, 6.07) is 0. The Kier molecular flexibility index (Phi) is 37.6. The molecule has 0 aromatic heterocycles. The van der Waals surface area contributed by atoms with Crippen LogP contribution in [-0.2, 0) is 27.9 Å². The third-order valence-electron chi connectivity index (χ3n) is 9.82. The van der Waals surface area contributed by atoms with Crippen LogP contribution in [0.3, 0.4) is 0 Å². The van der Waals surface area contributed by atoms with Gasteiger partial charge in [0.2, 0.25) is 0 Å². The number of allylic oxidation sites excluding steroid dienone is 2. The number of carbonyl (C=O) groups excluding carboxylic acids is 1. The first-order valence-corrected chi connectivity index (χ1v) is 23.9. The van der Waals surface area contributed by atoms with Gasteiger partial charge in [-0.2, -0.15) is 0 Å². The topological polar surface area (TPSA) is 94.1 Å². The Bertz CT molecular complexity index is 863. The Morgan fingerprint density at radius 2 is 0.981 bits per heavy atom. The highest BCUT2D eigenvalue weighted by Crippen LogP contribution is 2.38. The summed E-state index contributed by atoms with van der Waals surface area (Å²) in [5.41, 5.74) is 0. The summed E-state index contributed by atoms with van der Waals surface area (Å²) in [5.74, 6) is -0.335. The molecule has 0 aliphatic rings. The molecule has 0 aromatic rings. The molecule has 53 heavy (non-hydrogen) atoms. The summed E-state index contributed by atoms with van der Waals surface area (Å²) in [6.45, 7) is 5.42. The van der Waals surface area contributed by atoms with E-state index in [1.807, 2.05) is 21.1 Å². The van der Waals surface area contributed by atoms with Crippen molar-refractivity contribution < 1.29 is 37.3 Å². The van der Waals surface area contributed by atoms with Crippen molar-refractivity contribution >= 4 is 13.8 Å². The van der Waals surface area contributed by atoms with E-state index in [0.717, 1.165) is 32.1 Å². The highest BCUT2D eigenvalue weighted by Gasteiger charge is 2.20. The quantitative estimate of drug-likeness (QED) is 0.0200. The van der Waals surface area contributed by atoms with Crippen molar-refractivity contribution in [2.75, 3.05) is 54.1 Å². The fraction of sp³-hybridized carbons (Fsp3) is 0.932. The van der Waals surface area contributed by atoms with Crippen molar-refractivity contribution in [3.63, 3.8) is 0 Å². The van der Waals surface area contributed by atoms with Crippen LogP contribution in [0.5, 0.6) is 0 Å². The summed E-state index contributed by atoms with van der Waals surface area (Å²) >= 11 is 0. The number of hydrogen-bond donors (Lipinski definition) is 0. The average molecular weight is 774 g/mol. The SMILES string of the molecule is CCCCCCCCCC/C=C\CCCCCCCCCCCCOCC(COP(=O)([O-])OCC[N+](C)(C)C)OC(=O)CCCCCCCCCCC. The molecule has 0 aromatic carbocycles. The summed E-state index contributed by atoms with van der Waals surface area (Å²) in [4.78, 5) is 24.9. The van der Waals surface area contributed by atoms with E-state index in [-0.39, 0.29) is 25.8 Å². The van der Waals surface area contributed by atoms with Crippen molar-refractivity contribution in [1.82, 2.24) is 0 Å². The van der Waals surface area contributed by atoms with Crippen molar-refractivity contribution in [3.05, 3.63) is 12.2 Å². The van der Waals surface area contributed by atoms with Crippen LogP contribution in [0, 0.1) is 0 Å². The van der Waals surface area contributed by atoms with Gasteiger partial charge < -0.3 is 27.9 Å². The Morgan fingerprint density at radius 1 is 0.566 bits per heavy atom. The second-order valence-electron chi connectivity index (χ2n) is 16.4. The fourth-order valence-electron chi connectivity index (χ4n) is 6.31. The highest BCUT2D eigenvalue weighted by atomic mass is 31.2. The second-order valence-corrected chi connectivity index (χ2v) is 17.8. The highest BCUT2D eigenvalue weighted by molar-refractivity contribution is 7.45. The Balaban J connectivity index is 4.05. The van der Waals surface area contributed by atoms with Crippen LogP contribution in [0.15, 0.2) is 12.2 Å². The van der Waals surface area contributed by atoms with E-state index in [1.165, 1.54) is 154 Å². The molecular formula is C44H88NO7P. The van der Waals surface area contributed by atoms with Crippen LogP contribution in [0.25, 0.3) is 0 Å². The molecule has 0 rings (SSSR count). The van der Waals surface area contributed by atoms with Gasteiger partial charge in [-0.15, -0.1) is 0 Å². The number of hydrogen-bond acceptors (Lipinski definition) is 7. The number of phosphoric ester groups is 1. The molecule has 0 bridgehead atoms. The van der Waals surface area contributed by atoms with Gasteiger partial charge in [0, 0.05) is 13.0 Å². The molecule has 0 radical (unpaired) electrons. The molecule has 0 aliphatic heterocycles. The number of phosphoric acid groups is 1. The molecular weight excluding hydrogens is 685 g/mol. The lowest BCUT2D eigenvalue weighted by atomic mass is 10.1. The maximum atomic E-state index is 12.6. The van der Waals surface area contributed by atoms with Crippen molar-refractivity contribution in [2.45, 2.75) is 213 Å². The van der Waals surface area contributed by atoms with Crippen molar-refractivity contribution in [1.29, 1.82) is 0 Å². The van der Waals surface area contributed by atoms with Crippen molar-refractivity contribution in [2.24, 2.45) is 0 Å². The van der Waals surface area contributed by atoms with E-state index in [4.69, 9.17) is 18.5 Å². The zero-order valence-electron chi connectivity index (χ0n) is 35.7. The lowest BCUT2D eigenvalue weighted by molar-refractivity contribution is -0.870. The number of likely N-dealkylation sites (N-methyl/N-ethyl adjacent to an activating group) is 1. The Morgan fingerprint density at radius 3 is 1.43 bits per heavy atom. The zero-order valence-corrected chi connectivity index (χ0v) is 36.6. The summed E-state index contributed by atoms with van der Waals surface area (Å²) in [7, 11) is 1.36. The van der Waals surface area contributed by atoms with Crippen LogP contribution >= 0.6 is 7.82 Å². The van der Waals surface area contributed by atoms with Crippen LogP contribution in [0.1, 0.15) is 206 Å². The standard InChI is InChI=1S/C44H88NO7P/c1-6-8-10-12-14-16-17-18-19-20-21-22-23-24-25-26-27-28-30-32-34-36-39-49-41-43(42-51-53(47,48)50-40-38-45(3,4)5)52-44(46)37-35-33-31-29-15-13-11-9-7-2/h20-21,43H,6-19,22-42H2,1-5H3/b21-20-. The third-order valence-corrected chi connectivity index (χ3v) is 10.8. The van der Waals surface area contributed by atoms with Crippen molar-refractivity contribution in [3.8, 4) is 0 Å². The van der Waals surface area contributed by atoms with E-state index >= 15 is 0 Å². The molecule has 2 unspecified atom stereocenters. The lowest BCUT2D eigenvalue weighted by Gasteiger charge is -2.28. The normalized spacial score (nSPS) is 13.8. The van der Waals surface area contributed by atoms with Gasteiger partial charge in [0.15, 0.2) is 0 Å². The molecule has 0 amide bonds. The molecule has 0 saturated carbocycles. The first kappa shape index (κ1) is 52.2. The van der Waals surface area contributed by atoms with Crippen LogP contribution < -0.4 is 4.89 Å². The van der Waals surface area contributed by atoms with Gasteiger partial charge in [-0.3, -0.25) is 9.36 Å². The lowest BCUT2D eigenvalue weighted by Crippen LogP contribution is -2.37. The number of unbranched alkanes of at least 4 members (excludes halogenated alkanes) is 26. The van der Waals surface area contributed by atoms with Crippen LogP contribution in [0.4, 0.5) is 0 Å². The predicted octanol–water partition coefficient (Wildman–Crippen LogP) is 12.4. The van der Waals surface area contributed by atoms with Gasteiger partial charge in [-0.05, 0) is 38.5 Å². The number of ether oxygens (including phenoxy) is 2. The maximum Gasteiger partial charge on any atom is 0.306 e. The monoisotopic (exact) mass is 774 g/mol. The van der Waals surface area contributed by atoms with E-state index in [0.29, 0.717) is 24.1 Å². The van der Waals surface area contributed by atoms with Crippen LogP contribution in [0.2, 0.25) is 0 Å². The van der Waals surface area contributed by atoms with Gasteiger partial charge in [-0.25, -0.2) is 0 Å². The Hall–Kier alpha value is -0.760.